The van der Waals surface area contributed by atoms with Crippen molar-refractivity contribution in [3.63, 3.8) is 0 Å². The van der Waals surface area contributed by atoms with E-state index in [0.717, 1.165) is 21.5 Å². The first-order chi connectivity index (χ1) is 10.6. The number of carbonyl (C=O) groups excluding carboxylic acids is 2. The number of ether oxygens (including phenoxy) is 2. The van der Waals surface area contributed by atoms with Crippen molar-refractivity contribution in [2.45, 2.75) is 0 Å². The van der Waals surface area contributed by atoms with Gasteiger partial charge in [0.25, 0.3) is 0 Å². The number of benzene rings is 3. The summed E-state index contributed by atoms with van der Waals surface area (Å²) in [5.41, 5.74) is 0.411. The molecule has 0 saturated carbocycles. The van der Waals surface area contributed by atoms with Crippen LogP contribution in [0.3, 0.4) is 0 Å². The minimum atomic E-state index is -0.560. The van der Waals surface area contributed by atoms with E-state index < -0.39 is 11.9 Å². The van der Waals surface area contributed by atoms with Gasteiger partial charge in [-0.05, 0) is 45.8 Å². The molecule has 0 N–H and O–H groups in total. The fourth-order valence-corrected chi connectivity index (χ4v) is 2.55. The van der Waals surface area contributed by atoms with Crippen LogP contribution in [0.4, 0.5) is 0 Å². The molecule has 3 aromatic rings. The zero-order valence-corrected chi connectivity index (χ0v) is 12.3. The second kappa shape index (κ2) is 5.48. The molecule has 0 radical (unpaired) electrons. The highest BCUT2D eigenvalue weighted by Crippen LogP contribution is 2.26. The normalized spacial score (nSPS) is 10.6. The summed E-state index contributed by atoms with van der Waals surface area (Å²) in [5.74, 6) is -1.12. The van der Waals surface area contributed by atoms with Crippen molar-refractivity contribution >= 4 is 33.5 Å². The Hall–Kier alpha value is -2.88. The zero-order chi connectivity index (χ0) is 15.7. The van der Waals surface area contributed by atoms with Gasteiger partial charge in [-0.25, -0.2) is 9.59 Å². The van der Waals surface area contributed by atoms with Gasteiger partial charge in [0.2, 0.25) is 0 Å². The van der Waals surface area contributed by atoms with Gasteiger partial charge in [-0.1, -0.05) is 24.3 Å². The third-order valence-electron chi connectivity index (χ3n) is 3.65. The number of hydrogen-bond acceptors (Lipinski definition) is 4. The van der Waals surface area contributed by atoms with Crippen molar-refractivity contribution in [2.75, 3.05) is 14.2 Å². The smallest absolute Gasteiger partial charge is 0.338 e. The number of rotatable bonds is 2. The summed E-state index contributed by atoms with van der Waals surface area (Å²) in [6.07, 6.45) is 0. The molecule has 4 heteroatoms. The lowest BCUT2D eigenvalue weighted by molar-refractivity contribution is 0.0555. The van der Waals surface area contributed by atoms with E-state index in [0.29, 0.717) is 0 Å². The van der Waals surface area contributed by atoms with Crippen LogP contribution >= 0.6 is 0 Å². The van der Waals surface area contributed by atoms with E-state index in [9.17, 15) is 9.59 Å². The monoisotopic (exact) mass is 294 g/mol. The van der Waals surface area contributed by atoms with Crippen molar-refractivity contribution in [1.29, 1.82) is 0 Å². The molecule has 3 rings (SSSR count). The second-order valence-corrected chi connectivity index (χ2v) is 4.93. The van der Waals surface area contributed by atoms with E-state index >= 15 is 0 Å². The number of esters is 2. The van der Waals surface area contributed by atoms with E-state index in [1.807, 2.05) is 36.4 Å². The van der Waals surface area contributed by atoms with Crippen molar-refractivity contribution in [3.05, 3.63) is 59.7 Å². The lowest BCUT2D eigenvalue weighted by atomic mass is 9.98. The zero-order valence-electron chi connectivity index (χ0n) is 12.3. The Morgan fingerprint density at radius 1 is 0.682 bits per heavy atom. The van der Waals surface area contributed by atoms with Gasteiger partial charge < -0.3 is 9.47 Å². The fourth-order valence-electron chi connectivity index (χ4n) is 2.55. The summed E-state index contributed by atoms with van der Waals surface area (Å²) < 4.78 is 9.52. The maximum atomic E-state index is 11.9. The molecule has 0 fully saturated rings. The van der Waals surface area contributed by atoms with Gasteiger partial charge in [-0.3, -0.25) is 0 Å². The molecule has 0 unspecified atom stereocenters. The lowest BCUT2D eigenvalue weighted by Gasteiger charge is -2.09. The first-order valence-electron chi connectivity index (χ1n) is 6.77. The van der Waals surface area contributed by atoms with Crippen LogP contribution in [0.15, 0.2) is 48.5 Å². The molecular formula is C18H14O4. The van der Waals surface area contributed by atoms with Crippen LogP contribution in [0.1, 0.15) is 20.7 Å². The maximum Gasteiger partial charge on any atom is 0.338 e. The van der Waals surface area contributed by atoms with E-state index in [1.54, 1.807) is 12.1 Å². The van der Waals surface area contributed by atoms with Crippen molar-refractivity contribution in [3.8, 4) is 0 Å². The molecule has 0 bridgehead atoms. The van der Waals surface area contributed by atoms with Crippen LogP contribution in [0.2, 0.25) is 0 Å². The molecule has 4 nitrogen and oxygen atoms in total. The van der Waals surface area contributed by atoms with Crippen molar-refractivity contribution in [1.82, 2.24) is 0 Å². The predicted octanol–water partition coefficient (Wildman–Crippen LogP) is 3.57. The van der Waals surface area contributed by atoms with Gasteiger partial charge in [-0.15, -0.1) is 0 Å². The third-order valence-corrected chi connectivity index (χ3v) is 3.65. The molecule has 0 aliphatic carbocycles. The molecule has 0 atom stereocenters. The van der Waals surface area contributed by atoms with Gasteiger partial charge in [0.05, 0.1) is 25.3 Å². The Labute approximate surface area is 127 Å². The Kier molecular flexibility index (Phi) is 3.51. The molecule has 3 aromatic carbocycles. The minimum absolute atomic E-state index is 0.206. The highest BCUT2D eigenvalue weighted by molar-refractivity contribution is 6.09. The van der Waals surface area contributed by atoms with E-state index in [4.69, 9.17) is 9.47 Å². The highest BCUT2D eigenvalue weighted by Gasteiger charge is 2.19. The number of carbonyl (C=O) groups is 2. The molecule has 0 amide bonds. The molecule has 0 aromatic heterocycles. The van der Waals surface area contributed by atoms with Crippen LogP contribution in [-0.4, -0.2) is 26.2 Å². The van der Waals surface area contributed by atoms with E-state index in [2.05, 4.69) is 0 Å². The Morgan fingerprint density at radius 3 is 1.45 bits per heavy atom. The SMILES string of the molecule is COC(=O)c1cc2cc3ccccc3cc2cc1C(=O)OC. The second-order valence-electron chi connectivity index (χ2n) is 4.93. The van der Waals surface area contributed by atoms with Crippen LogP contribution in [-0.2, 0) is 9.47 Å². The van der Waals surface area contributed by atoms with Gasteiger partial charge in [0.15, 0.2) is 0 Å². The standard InChI is InChI=1S/C18H14O4/c1-21-17(19)15-9-13-7-11-5-3-4-6-12(11)8-14(13)10-16(15)18(20)22-2/h3-10H,1-2H3. The average molecular weight is 294 g/mol. The summed E-state index contributed by atoms with van der Waals surface area (Å²) in [7, 11) is 2.57. The Balaban J connectivity index is 2.34. The average Bonchev–Trinajstić information content (AvgIpc) is 2.57. The topological polar surface area (TPSA) is 52.6 Å². The molecule has 22 heavy (non-hydrogen) atoms. The summed E-state index contributed by atoms with van der Waals surface area (Å²) >= 11 is 0. The van der Waals surface area contributed by atoms with Gasteiger partial charge in [0.1, 0.15) is 0 Å². The highest BCUT2D eigenvalue weighted by atomic mass is 16.5. The van der Waals surface area contributed by atoms with Crippen molar-refractivity contribution in [2.24, 2.45) is 0 Å². The Bertz CT molecular complexity index is 822. The van der Waals surface area contributed by atoms with E-state index in [1.165, 1.54) is 14.2 Å². The largest absolute Gasteiger partial charge is 0.465 e. The predicted molar refractivity (Wildman–Crippen MR) is 84.1 cm³/mol. The summed E-state index contributed by atoms with van der Waals surface area (Å²) in [4.78, 5) is 23.9. The lowest BCUT2D eigenvalue weighted by Crippen LogP contribution is -2.11. The van der Waals surface area contributed by atoms with Gasteiger partial charge in [-0.2, -0.15) is 0 Å². The van der Waals surface area contributed by atoms with Crippen LogP contribution in [0.25, 0.3) is 21.5 Å². The molecule has 110 valence electrons. The number of methoxy groups -OCH3 is 2. The molecule has 0 spiro atoms. The quantitative estimate of drug-likeness (QED) is 0.535. The minimum Gasteiger partial charge on any atom is -0.465 e. The Morgan fingerprint density at radius 2 is 1.09 bits per heavy atom. The molecule has 0 heterocycles. The number of hydrogen-bond donors (Lipinski definition) is 0. The molecular weight excluding hydrogens is 280 g/mol. The first-order valence-corrected chi connectivity index (χ1v) is 6.77. The molecule has 0 aliphatic rings. The third kappa shape index (κ3) is 2.29. The van der Waals surface area contributed by atoms with Crippen molar-refractivity contribution < 1.29 is 19.1 Å². The molecule has 0 saturated heterocycles. The van der Waals surface area contributed by atoms with Crippen LogP contribution < -0.4 is 0 Å². The summed E-state index contributed by atoms with van der Waals surface area (Å²) in [6, 6.07) is 15.2. The number of fused-ring (bicyclic) bond motifs is 2. The molecule has 0 aliphatic heterocycles. The fraction of sp³-hybridized carbons (Fsp3) is 0.111. The van der Waals surface area contributed by atoms with Gasteiger partial charge in [0, 0.05) is 0 Å². The summed E-state index contributed by atoms with van der Waals surface area (Å²) in [6.45, 7) is 0. The summed E-state index contributed by atoms with van der Waals surface area (Å²) in [5, 5.41) is 3.87. The van der Waals surface area contributed by atoms with E-state index in [-0.39, 0.29) is 11.1 Å². The van der Waals surface area contributed by atoms with Crippen LogP contribution in [0.5, 0.6) is 0 Å². The van der Waals surface area contributed by atoms with Crippen LogP contribution in [0, 0.1) is 0 Å². The first kappa shape index (κ1) is 14.1. The van der Waals surface area contributed by atoms with Gasteiger partial charge >= 0.3 is 11.9 Å². The maximum absolute atomic E-state index is 11.9.